The standard InChI is InChI=1S/C11H19NO3/c1-11(14)4-6-12(7-5-11)10(13)9-3-2-8-15-9/h9,14H,2-8H2,1H3/t9-/m1/s1. The van der Waals surface area contributed by atoms with Gasteiger partial charge in [-0.1, -0.05) is 0 Å². The number of carbonyl (C=O) groups excluding carboxylic acids is 1. The van der Waals surface area contributed by atoms with E-state index in [2.05, 4.69) is 0 Å². The number of piperidine rings is 1. The quantitative estimate of drug-likeness (QED) is 0.691. The number of rotatable bonds is 1. The van der Waals surface area contributed by atoms with E-state index in [4.69, 9.17) is 4.74 Å². The van der Waals surface area contributed by atoms with E-state index < -0.39 is 5.60 Å². The summed E-state index contributed by atoms with van der Waals surface area (Å²) in [6, 6.07) is 0. The van der Waals surface area contributed by atoms with Crippen LogP contribution in [0.5, 0.6) is 0 Å². The van der Waals surface area contributed by atoms with Gasteiger partial charge in [0.25, 0.3) is 5.91 Å². The Morgan fingerprint density at radius 2 is 2.13 bits per heavy atom. The minimum atomic E-state index is -0.590. The molecule has 1 atom stereocenters. The third-order valence-electron chi connectivity index (χ3n) is 3.36. The van der Waals surface area contributed by atoms with Crippen LogP contribution in [0.25, 0.3) is 0 Å². The summed E-state index contributed by atoms with van der Waals surface area (Å²) in [7, 11) is 0. The highest BCUT2D eigenvalue weighted by molar-refractivity contribution is 5.81. The van der Waals surface area contributed by atoms with Crippen LogP contribution in [0.1, 0.15) is 32.6 Å². The van der Waals surface area contributed by atoms with Crippen LogP contribution in [0.3, 0.4) is 0 Å². The Hall–Kier alpha value is -0.610. The Morgan fingerprint density at radius 3 is 2.67 bits per heavy atom. The predicted octanol–water partition coefficient (Wildman–Crippen LogP) is 0.539. The zero-order valence-corrected chi connectivity index (χ0v) is 9.24. The van der Waals surface area contributed by atoms with Crippen molar-refractivity contribution >= 4 is 5.91 Å². The lowest BCUT2D eigenvalue weighted by Crippen LogP contribution is -2.48. The molecule has 2 rings (SSSR count). The van der Waals surface area contributed by atoms with Crippen molar-refractivity contribution in [2.24, 2.45) is 0 Å². The lowest BCUT2D eigenvalue weighted by Gasteiger charge is -2.36. The predicted molar refractivity (Wildman–Crippen MR) is 55.4 cm³/mol. The van der Waals surface area contributed by atoms with Gasteiger partial charge < -0.3 is 14.7 Å². The maximum atomic E-state index is 11.9. The molecule has 0 spiro atoms. The molecule has 2 aliphatic rings. The maximum Gasteiger partial charge on any atom is 0.251 e. The molecule has 2 heterocycles. The second-order valence-electron chi connectivity index (χ2n) is 4.82. The van der Waals surface area contributed by atoms with Crippen LogP contribution in [0.15, 0.2) is 0 Å². The molecular formula is C11H19NO3. The molecule has 0 radical (unpaired) electrons. The molecule has 0 aromatic carbocycles. The van der Waals surface area contributed by atoms with Gasteiger partial charge in [0.2, 0.25) is 0 Å². The van der Waals surface area contributed by atoms with E-state index in [1.807, 2.05) is 11.8 Å². The molecule has 2 fully saturated rings. The molecule has 2 aliphatic heterocycles. The minimum Gasteiger partial charge on any atom is -0.390 e. The van der Waals surface area contributed by atoms with Crippen LogP contribution < -0.4 is 0 Å². The van der Waals surface area contributed by atoms with Gasteiger partial charge in [0, 0.05) is 19.7 Å². The first-order chi connectivity index (χ1) is 7.08. The third-order valence-corrected chi connectivity index (χ3v) is 3.36. The fraction of sp³-hybridized carbons (Fsp3) is 0.909. The number of likely N-dealkylation sites (tertiary alicyclic amines) is 1. The molecule has 15 heavy (non-hydrogen) atoms. The van der Waals surface area contributed by atoms with Gasteiger partial charge in [-0.25, -0.2) is 0 Å². The van der Waals surface area contributed by atoms with Crippen molar-refractivity contribution in [2.75, 3.05) is 19.7 Å². The molecular weight excluding hydrogens is 194 g/mol. The fourth-order valence-corrected chi connectivity index (χ4v) is 2.18. The van der Waals surface area contributed by atoms with E-state index in [9.17, 15) is 9.90 Å². The smallest absolute Gasteiger partial charge is 0.251 e. The molecule has 86 valence electrons. The van der Waals surface area contributed by atoms with Gasteiger partial charge in [-0.2, -0.15) is 0 Å². The van der Waals surface area contributed by atoms with E-state index in [1.54, 1.807) is 0 Å². The Kier molecular flexibility index (Phi) is 2.98. The van der Waals surface area contributed by atoms with Crippen molar-refractivity contribution in [3.63, 3.8) is 0 Å². The van der Waals surface area contributed by atoms with E-state index in [-0.39, 0.29) is 12.0 Å². The summed E-state index contributed by atoms with van der Waals surface area (Å²) in [6.07, 6.45) is 2.97. The zero-order chi connectivity index (χ0) is 10.9. The summed E-state index contributed by atoms with van der Waals surface area (Å²) >= 11 is 0. The number of nitrogens with zero attached hydrogens (tertiary/aromatic N) is 1. The van der Waals surface area contributed by atoms with Crippen LogP contribution in [0, 0.1) is 0 Å². The van der Waals surface area contributed by atoms with Crippen LogP contribution in [-0.2, 0) is 9.53 Å². The second-order valence-corrected chi connectivity index (χ2v) is 4.82. The molecule has 0 aliphatic carbocycles. The first kappa shape index (κ1) is 10.9. The van der Waals surface area contributed by atoms with Crippen LogP contribution in [0.4, 0.5) is 0 Å². The number of hydrogen-bond donors (Lipinski definition) is 1. The minimum absolute atomic E-state index is 0.114. The van der Waals surface area contributed by atoms with Gasteiger partial charge in [0.05, 0.1) is 5.60 Å². The molecule has 0 unspecified atom stereocenters. The Bertz CT molecular complexity index is 236. The van der Waals surface area contributed by atoms with Crippen LogP contribution in [-0.4, -0.2) is 47.3 Å². The Balaban J connectivity index is 1.87. The Labute approximate surface area is 90.2 Å². The van der Waals surface area contributed by atoms with Gasteiger partial charge in [-0.15, -0.1) is 0 Å². The largest absolute Gasteiger partial charge is 0.390 e. The van der Waals surface area contributed by atoms with E-state index in [0.29, 0.717) is 32.5 Å². The molecule has 4 nitrogen and oxygen atoms in total. The number of aliphatic hydroxyl groups is 1. The van der Waals surface area contributed by atoms with Crippen molar-refractivity contribution in [3.8, 4) is 0 Å². The number of amides is 1. The molecule has 0 aromatic heterocycles. The molecule has 1 N–H and O–H groups in total. The number of ether oxygens (including phenoxy) is 1. The summed E-state index contributed by atoms with van der Waals surface area (Å²) in [5.41, 5.74) is -0.590. The van der Waals surface area contributed by atoms with Gasteiger partial charge in [-0.05, 0) is 32.6 Å². The molecule has 1 amide bonds. The monoisotopic (exact) mass is 213 g/mol. The summed E-state index contributed by atoms with van der Waals surface area (Å²) in [6.45, 7) is 3.86. The van der Waals surface area contributed by atoms with Crippen LogP contribution >= 0.6 is 0 Å². The first-order valence-corrected chi connectivity index (χ1v) is 5.71. The lowest BCUT2D eigenvalue weighted by atomic mass is 9.93. The summed E-state index contributed by atoms with van der Waals surface area (Å²) in [5.74, 6) is 0.114. The summed E-state index contributed by atoms with van der Waals surface area (Å²) < 4.78 is 5.37. The van der Waals surface area contributed by atoms with Crippen LogP contribution in [0.2, 0.25) is 0 Å². The van der Waals surface area contributed by atoms with Crippen molar-refractivity contribution in [1.29, 1.82) is 0 Å². The normalized spacial score (nSPS) is 30.5. The third kappa shape index (κ3) is 2.49. The van der Waals surface area contributed by atoms with E-state index in [0.717, 1.165) is 12.8 Å². The van der Waals surface area contributed by atoms with Crippen molar-refractivity contribution < 1.29 is 14.6 Å². The molecule has 0 saturated carbocycles. The average Bonchev–Trinajstić information content (AvgIpc) is 2.69. The highest BCUT2D eigenvalue weighted by Gasteiger charge is 2.33. The van der Waals surface area contributed by atoms with E-state index >= 15 is 0 Å². The zero-order valence-electron chi connectivity index (χ0n) is 9.24. The average molecular weight is 213 g/mol. The molecule has 2 saturated heterocycles. The first-order valence-electron chi connectivity index (χ1n) is 5.71. The van der Waals surface area contributed by atoms with Crippen molar-refractivity contribution in [1.82, 2.24) is 4.90 Å². The van der Waals surface area contributed by atoms with Gasteiger partial charge >= 0.3 is 0 Å². The lowest BCUT2D eigenvalue weighted by molar-refractivity contribution is -0.144. The second kappa shape index (κ2) is 4.10. The molecule has 0 aromatic rings. The SMILES string of the molecule is CC1(O)CCN(C(=O)[C@H]2CCCO2)CC1. The maximum absolute atomic E-state index is 11.9. The summed E-state index contributed by atoms with van der Waals surface area (Å²) in [5, 5.41) is 9.77. The van der Waals surface area contributed by atoms with Crippen molar-refractivity contribution in [2.45, 2.75) is 44.3 Å². The van der Waals surface area contributed by atoms with Gasteiger partial charge in [-0.3, -0.25) is 4.79 Å². The number of hydrogen-bond acceptors (Lipinski definition) is 3. The summed E-state index contributed by atoms with van der Waals surface area (Å²) in [4.78, 5) is 13.8. The topological polar surface area (TPSA) is 49.8 Å². The van der Waals surface area contributed by atoms with Crippen molar-refractivity contribution in [3.05, 3.63) is 0 Å². The van der Waals surface area contributed by atoms with Gasteiger partial charge in [0.1, 0.15) is 6.10 Å². The molecule has 4 heteroatoms. The molecule has 0 bridgehead atoms. The number of carbonyl (C=O) groups is 1. The highest BCUT2D eigenvalue weighted by atomic mass is 16.5. The van der Waals surface area contributed by atoms with E-state index in [1.165, 1.54) is 0 Å². The fourth-order valence-electron chi connectivity index (χ4n) is 2.18. The van der Waals surface area contributed by atoms with Gasteiger partial charge in [0.15, 0.2) is 0 Å². The highest BCUT2D eigenvalue weighted by Crippen LogP contribution is 2.23. The Morgan fingerprint density at radius 1 is 1.47 bits per heavy atom.